The van der Waals surface area contributed by atoms with Crippen LogP contribution in [0.25, 0.3) is 0 Å². The standard InChI is InChI=1S/C22H26O5/c1-25-22(24)15-21(27-17-19-10-6-3-7-11-19)14-20(12-13-23)26-16-18-8-4-2-5-9-18/h2-11,13,20-21H,12,14-17H2,1H3. The van der Waals surface area contributed by atoms with Crippen molar-refractivity contribution in [2.24, 2.45) is 0 Å². The van der Waals surface area contributed by atoms with E-state index in [1.165, 1.54) is 7.11 Å². The van der Waals surface area contributed by atoms with E-state index in [1.54, 1.807) is 0 Å². The molecule has 0 aromatic heterocycles. The van der Waals surface area contributed by atoms with E-state index >= 15 is 0 Å². The van der Waals surface area contributed by atoms with E-state index < -0.39 is 6.10 Å². The summed E-state index contributed by atoms with van der Waals surface area (Å²) in [5.74, 6) is -0.346. The Balaban J connectivity index is 1.95. The molecule has 0 aliphatic heterocycles. The fraction of sp³-hybridized carbons (Fsp3) is 0.364. The molecule has 0 heterocycles. The molecule has 0 aliphatic carbocycles. The Hall–Kier alpha value is -2.50. The van der Waals surface area contributed by atoms with E-state index in [0.717, 1.165) is 17.4 Å². The zero-order chi connectivity index (χ0) is 19.3. The van der Waals surface area contributed by atoms with E-state index in [0.29, 0.717) is 19.6 Å². The summed E-state index contributed by atoms with van der Waals surface area (Å²) >= 11 is 0. The third-order valence-electron chi connectivity index (χ3n) is 4.16. The van der Waals surface area contributed by atoms with Crippen LogP contribution in [0.15, 0.2) is 60.7 Å². The van der Waals surface area contributed by atoms with Crippen LogP contribution in [0, 0.1) is 0 Å². The van der Waals surface area contributed by atoms with Crippen molar-refractivity contribution in [3.8, 4) is 0 Å². The minimum absolute atomic E-state index is 0.118. The lowest BCUT2D eigenvalue weighted by Crippen LogP contribution is -2.26. The lowest BCUT2D eigenvalue weighted by atomic mass is 10.1. The minimum Gasteiger partial charge on any atom is -0.469 e. The summed E-state index contributed by atoms with van der Waals surface area (Å²) in [6, 6.07) is 19.5. The Bertz CT molecular complexity index is 672. The van der Waals surface area contributed by atoms with Gasteiger partial charge in [-0.3, -0.25) is 4.79 Å². The number of hydrogen-bond donors (Lipinski definition) is 0. The Morgan fingerprint density at radius 1 is 0.889 bits per heavy atom. The molecule has 0 saturated carbocycles. The van der Waals surface area contributed by atoms with Gasteiger partial charge in [0, 0.05) is 12.8 Å². The maximum absolute atomic E-state index is 11.7. The van der Waals surface area contributed by atoms with Crippen LogP contribution in [0.5, 0.6) is 0 Å². The normalized spacial score (nSPS) is 12.9. The highest BCUT2D eigenvalue weighted by Gasteiger charge is 2.21. The predicted octanol–water partition coefficient (Wildman–Crippen LogP) is 3.70. The second-order valence-corrected chi connectivity index (χ2v) is 6.26. The lowest BCUT2D eigenvalue weighted by molar-refractivity contribution is -0.145. The quantitative estimate of drug-likeness (QED) is 0.421. The highest BCUT2D eigenvalue weighted by Crippen LogP contribution is 2.17. The van der Waals surface area contributed by atoms with E-state index in [-0.39, 0.29) is 24.9 Å². The smallest absolute Gasteiger partial charge is 0.308 e. The average Bonchev–Trinajstić information content (AvgIpc) is 2.71. The highest BCUT2D eigenvalue weighted by atomic mass is 16.5. The van der Waals surface area contributed by atoms with Gasteiger partial charge in [0.15, 0.2) is 0 Å². The molecule has 5 heteroatoms. The molecule has 0 saturated heterocycles. The number of carbonyl (C=O) groups excluding carboxylic acids is 2. The summed E-state index contributed by atoms with van der Waals surface area (Å²) in [5, 5.41) is 0. The molecule has 2 unspecified atom stereocenters. The molecule has 2 aromatic carbocycles. The number of ether oxygens (including phenoxy) is 3. The molecule has 0 amide bonds. The minimum atomic E-state index is -0.390. The first kappa shape index (κ1) is 20.8. The average molecular weight is 370 g/mol. The number of esters is 1. The van der Waals surface area contributed by atoms with Gasteiger partial charge in [-0.05, 0) is 11.1 Å². The van der Waals surface area contributed by atoms with Crippen LogP contribution in [0.1, 0.15) is 30.4 Å². The first-order chi connectivity index (χ1) is 13.2. The summed E-state index contributed by atoms with van der Waals surface area (Å²) in [6.45, 7) is 0.790. The van der Waals surface area contributed by atoms with Gasteiger partial charge in [-0.25, -0.2) is 0 Å². The topological polar surface area (TPSA) is 61.8 Å². The summed E-state index contributed by atoms with van der Waals surface area (Å²) < 4.78 is 16.6. The molecule has 5 nitrogen and oxygen atoms in total. The van der Waals surface area contributed by atoms with E-state index in [2.05, 4.69) is 0 Å². The summed E-state index contributed by atoms with van der Waals surface area (Å²) in [4.78, 5) is 22.8. The second kappa shape index (κ2) is 12.0. The maximum Gasteiger partial charge on any atom is 0.308 e. The van der Waals surface area contributed by atoms with Crippen LogP contribution in [0.4, 0.5) is 0 Å². The Morgan fingerprint density at radius 3 is 1.89 bits per heavy atom. The molecule has 27 heavy (non-hydrogen) atoms. The van der Waals surface area contributed by atoms with Crippen LogP contribution >= 0.6 is 0 Å². The monoisotopic (exact) mass is 370 g/mol. The van der Waals surface area contributed by atoms with Crippen LogP contribution in [0.3, 0.4) is 0 Å². The van der Waals surface area contributed by atoms with Gasteiger partial charge in [0.05, 0.1) is 39.0 Å². The zero-order valence-corrected chi connectivity index (χ0v) is 15.6. The van der Waals surface area contributed by atoms with Crippen molar-refractivity contribution < 1.29 is 23.8 Å². The van der Waals surface area contributed by atoms with E-state index in [1.807, 2.05) is 60.7 Å². The van der Waals surface area contributed by atoms with E-state index in [9.17, 15) is 9.59 Å². The fourth-order valence-corrected chi connectivity index (χ4v) is 2.69. The van der Waals surface area contributed by atoms with Gasteiger partial charge in [-0.1, -0.05) is 60.7 Å². The third kappa shape index (κ3) is 8.15. The molecule has 0 spiro atoms. The SMILES string of the molecule is COC(=O)CC(CC(CC=O)OCc1ccccc1)OCc1ccccc1. The zero-order valence-electron chi connectivity index (χ0n) is 15.6. The number of methoxy groups -OCH3 is 1. The molecule has 0 fully saturated rings. The van der Waals surface area contributed by atoms with Crippen LogP contribution < -0.4 is 0 Å². The molecule has 2 rings (SSSR count). The van der Waals surface area contributed by atoms with Crippen molar-refractivity contribution in [1.29, 1.82) is 0 Å². The van der Waals surface area contributed by atoms with Crippen LogP contribution in [-0.2, 0) is 37.0 Å². The van der Waals surface area contributed by atoms with Crippen molar-refractivity contribution in [2.45, 2.75) is 44.7 Å². The molecular formula is C22H26O5. The number of rotatable bonds is 12. The largest absolute Gasteiger partial charge is 0.469 e. The lowest BCUT2D eigenvalue weighted by Gasteiger charge is -2.23. The number of carbonyl (C=O) groups is 2. The van der Waals surface area contributed by atoms with Gasteiger partial charge in [0.1, 0.15) is 6.29 Å². The number of hydrogen-bond acceptors (Lipinski definition) is 5. The highest BCUT2D eigenvalue weighted by molar-refractivity contribution is 5.69. The van der Waals surface area contributed by atoms with Crippen molar-refractivity contribution in [3.05, 3.63) is 71.8 Å². The number of benzene rings is 2. The second-order valence-electron chi connectivity index (χ2n) is 6.26. The Labute approximate surface area is 160 Å². The first-order valence-electron chi connectivity index (χ1n) is 9.02. The molecular weight excluding hydrogens is 344 g/mol. The molecule has 0 radical (unpaired) electrons. The van der Waals surface area contributed by atoms with Crippen molar-refractivity contribution in [1.82, 2.24) is 0 Å². The van der Waals surface area contributed by atoms with Gasteiger partial charge in [-0.2, -0.15) is 0 Å². The molecule has 2 atom stereocenters. The van der Waals surface area contributed by atoms with Crippen molar-refractivity contribution in [2.75, 3.05) is 7.11 Å². The molecule has 0 N–H and O–H groups in total. The van der Waals surface area contributed by atoms with Gasteiger partial charge in [-0.15, -0.1) is 0 Å². The van der Waals surface area contributed by atoms with Crippen LogP contribution in [0.2, 0.25) is 0 Å². The van der Waals surface area contributed by atoms with Crippen LogP contribution in [-0.4, -0.2) is 31.6 Å². The molecule has 0 bridgehead atoms. The molecule has 0 aliphatic rings. The summed E-state index contributed by atoms with van der Waals surface area (Å²) in [7, 11) is 1.35. The third-order valence-corrected chi connectivity index (χ3v) is 4.16. The Morgan fingerprint density at radius 2 is 1.41 bits per heavy atom. The summed E-state index contributed by atoms with van der Waals surface area (Å²) in [6.07, 6.45) is 0.925. The first-order valence-corrected chi connectivity index (χ1v) is 9.02. The van der Waals surface area contributed by atoms with Gasteiger partial charge in [0.2, 0.25) is 0 Å². The Kier molecular flexibility index (Phi) is 9.24. The van der Waals surface area contributed by atoms with Gasteiger partial charge < -0.3 is 19.0 Å². The summed E-state index contributed by atoms with van der Waals surface area (Å²) in [5.41, 5.74) is 2.05. The van der Waals surface area contributed by atoms with Crippen molar-refractivity contribution in [3.63, 3.8) is 0 Å². The van der Waals surface area contributed by atoms with Crippen molar-refractivity contribution >= 4 is 12.3 Å². The maximum atomic E-state index is 11.7. The van der Waals surface area contributed by atoms with Gasteiger partial charge >= 0.3 is 5.97 Å². The van der Waals surface area contributed by atoms with Gasteiger partial charge in [0.25, 0.3) is 0 Å². The molecule has 2 aromatic rings. The number of aldehydes is 1. The predicted molar refractivity (Wildman–Crippen MR) is 102 cm³/mol. The molecule has 144 valence electrons. The van der Waals surface area contributed by atoms with E-state index in [4.69, 9.17) is 14.2 Å². The fourth-order valence-electron chi connectivity index (χ4n) is 2.69.